The van der Waals surface area contributed by atoms with Gasteiger partial charge in [-0.25, -0.2) is 0 Å². The van der Waals surface area contributed by atoms with Crippen LogP contribution in [0.4, 0.5) is 24.5 Å². The lowest BCUT2D eigenvalue weighted by molar-refractivity contribution is -0.136. The lowest BCUT2D eigenvalue weighted by Gasteiger charge is -2.21. The third-order valence-corrected chi connectivity index (χ3v) is 4.71. The zero-order chi connectivity index (χ0) is 19.1. The Morgan fingerprint density at radius 2 is 1.69 bits per heavy atom. The molecule has 1 aliphatic carbocycles. The van der Waals surface area contributed by atoms with Gasteiger partial charge in [0.05, 0.1) is 22.5 Å². The summed E-state index contributed by atoms with van der Waals surface area (Å²) in [6.45, 7) is 3.89. The standard InChI is InChI=1S/C20H23F3N2O/c1-19(2,26)14-7-5-13(6-8-14)15-9-10-16(25-11-12-3-4-12)18(24)17(15)20(21,22)23/h5-10,12,25-26H,3-4,11,24H2,1-2H3. The van der Waals surface area contributed by atoms with E-state index in [1.165, 1.54) is 6.07 Å². The molecule has 2 aromatic carbocycles. The van der Waals surface area contributed by atoms with E-state index in [2.05, 4.69) is 5.32 Å². The Hall–Kier alpha value is -2.21. The van der Waals surface area contributed by atoms with Crippen LogP contribution < -0.4 is 11.1 Å². The normalized spacial score (nSPS) is 15.2. The summed E-state index contributed by atoms with van der Waals surface area (Å²) in [6.07, 6.45) is -2.36. The maximum absolute atomic E-state index is 13.7. The molecule has 0 atom stereocenters. The van der Waals surface area contributed by atoms with E-state index in [1.807, 2.05) is 0 Å². The second-order valence-corrected chi connectivity index (χ2v) is 7.41. The summed E-state index contributed by atoms with van der Waals surface area (Å²) in [5, 5.41) is 13.1. The number of rotatable bonds is 5. The molecule has 1 saturated carbocycles. The molecule has 0 unspecified atom stereocenters. The zero-order valence-electron chi connectivity index (χ0n) is 14.8. The predicted molar refractivity (Wildman–Crippen MR) is 97.8 cm³/mol. The summed E-state index contributed by atoms with van der Waals surface area (Å²) >= 11 is 0. The fourth-order valence-electron chi connectivity index (χ4n) is 2.95. The van der Waals surface area contributed by atoms with Crippen LogP contribution in [-0.4, -0.2) is 11.7 Å². The summed E-state index contributed by atoms with van der Waals surface area (Å²) in [5.74, 6) is 0.526. The first-order chi connectivity index (χ1) is 12.1. The molecule has 3 nitrogen and oxygen atoms in total. The molecule has 3 rings (SSSR count). The third kappa shape index (κ3) is 3.96. The van der Waals surface area contributed by atoms with E-state index in [1.54, 1.807) is 44.2 Å². The van der Waals surface area contributed by atoms with Gasteiger partial charge in [0, 0.05) is 6.54 Å². The van der Waals surface area contributed by atoms with E-state index < -0.39 is 17.3 Å². The summed E-state index contributed by atoms with van der Waals surface area (Å²) in [5.41, 5.74) is 5.13. The molecule has 0 aliphatic heterocycles. The lowest BCUT2D eigenvalue weighted by atomic mass is 9.92. The monoisotopic (exact) mass is 364 g/mol. The van der Waals surface area contributed by atoms with Gasteiger partial charge in [0.15, 0.2) is 0 Å². The first kappa shape index (κ1) is 18.6. The second kappa shape index (κ2) is 6.50. The Kier molecular flexibility index (Phi) is 4.65. The van der Waals surface area contributed by atoms with E-state index >= 15 is 0 Å². The fourth-order valence-corrected chi connectivity index (χ4v) is 2.95. The molecular formula is C20H23F3N2O. The molecule has 0 saturated heterocycles. The van der Waals surface area contributed by atoms with Crippen LogP contribution in [0.2, 0.25) is 0 Å². The van der Waals surface area contributed by atoms with Crippen LogP contribution in [-0.2, 0) is 11.8 Å². The van der Waals surface area contributed by atoms with Crippen LogP contribution in [0, 0.1) is 5.92 Å². The van der Waals surface area contributed by atoms with Crippen molar-refractivity contribution < 1.29 is 18.3 Å². The van der Waals surface area contributed by atoms with Gasteiger partial charge in [-0.2, -0.15) is 13.2 Å². The molecule has 26 heavy (non-hydrogen) atoms. The first-order valence-electron chi connectivity index (χ1n) is 8.64. The maximum atomic E-state index is 13.7. The molecule has 0 bridgehead atoms. The topological polar surface area (TPSA) is 58.3 Å². The van der Waals surface area contributed by atoms with Crippen LogP contribution in [0.25, 0.3) is 11.1 Å². The van der Waals surface area contributed by atoms with Crippen molar-refractivity contribution in [1.29, 1.82) is 0 Å². The minimum Gasteiger partial charge on any atom is -0.397 e. The molecule has 1 aliphatic rings. The van der Waals surface area contributed by atoms with Gasteiger partial charge in [0.2, 0.25) is 0 Å². The summed E-state index contributed by atoms with van der Waals surface area (Å²) in [7, 11) is 0. The van der Waals surface area contributed by atoms with Gasteiger partial charge in [0.1, 0.15) is 0 Å². The Morgan fingerprint density at radius 1 is 1.08 bits per heavy atom. The minimum absolute atomic E-state index is 0.0364. The highest BCUT2D eigenvalue weighted by Gasteiger charge is 2.37. The van der Waals surface area contributed by atoms with Crippen LogP contribution >= 0.6 is 0 Å². The number of alkyl halides is 3. The first-order valence-corrected chi connectivity index (χ1v) is 8.64. The molecule has 6 heteroatoms. The third-order valence-electron chi connectivity index (χ3n) is 4.71. The van der Waals surface area contributed by atoms with Crippen molar-refractivity contribution in [2.45, 2.75) is 38.5 Å². The molecular weight excluding hydrogens is 341 g/mol. The number of halogens is 3. The largest absolute Gasteiger partial charge is 0.419 e. The molecule has 140 valence electrons. The van der Waals surface area contributed by atoms with Gasteiger partial charge in [-0.1, -0.05) is 30.3 Å². The fraction of sp³-hybridized carbons (Fsp3) is 0.400. The van der Waals surface area contributed by atoms with Gasteiger partial charge in [0.25, 0.3) is 0 Å². The van der Waals surface area contributed by atoms with E-state index in [0.717, 1.165) is 12.8 Å². The number of aliphatic hydroxyl groups is 1. The van der Waals surface area contributed by atoms with Crippen molar-refractivity contribution >= 4 is 11.4 Å². The van der Waals surface area contributed by atoms with E-state index in [0.29, 0.717) is 29.3 Å². The number of nitrogens with two attached hydrogens (primary N) is 1. The van der Waals surface area contributed by atoms with Crippen LogP contribution in [0.15, 0.2) is 36.4 Å². The minimum atomic E-state index is -4.56. The highest BCUT2D eigenvalue weighted by molar-refractivity contribution is 5.82. The average Bonchev–Trinajstić information content (AvgIpc) is 3.36. The highest BCUT2D eigenvalue weighted by Crippen LogP contribution is 2.44. The van der Waals surface area contributed by atoms with Crippen molar-refractivity contribution in [3.05, 3.63) is 47.5 Å². The SMILES string of the molecule is CC(C)(O)c1ccc(-c2ccc(NCC3CC3)c(N)c2C(F)(F)F)cc1. The Balaban J connectivity index is 2.01. The Morgan fingerprint density at radius 3 is 2.19 bits per heavy atom. The number of nitrogens with one attached hydrogen (secondary N) is 1. The van der Waals surface area contributed by atoms with Crippen molar-refractivity contribution in [3.63, 3.8) is 0 Å². The Bertz CT molecular complexity index is 788. The predicted octanol–water partition coefficient (Wildman–Crippen LogP) is 5.00. The number of hydrogen-bond acceptors (Lipinski definition) is 3. The number of nitrogen functional groups attached to an aromatic ring is 1. The molecule has 4 N–H and O–H groups in total. The molecule has 0 spiro atoms. The van der Waals surface area contributed by atoms with Gasteiger partial charge in [-0.05, 0) is 55.4 Å². The van der Waals surface area contributed by atoms with Crippen molar-refractivity contribution in [2.75, 3.05) is 17.6 Å². The van der Waals surface area contributed by atoms with Crippen molar-refractivity contribution in [3.8, 4) is 11.1 Å². The van der Waals surface area contributed by atoms with Gasteiger partial charge in [-0.3, -0.25) is 0 Å². The molecule has 0 radical (unpaired) electrons. The van der Waals surface area contributed by atoms with Crippen LogP contribution in [0.5, 0.6) is 0 Å². The smallest absolute Gasteiger partial charge is 0.397 e. The summed E-state index contributed by atoms with van der Waals surface area (Å²) in [6, 6.07) is 9.47. The number of anilines is 2. The summed E-state index contributed by atoms with van der Waals surface area (Å²) in [4.78, 5) is 0. The Labute approximate surface area is 151 Å². The van der Waals surface area contributed by atoms with Crippen LogP contribution in [0.1, 0.15) is 37.8 Å². The summed E-state index contributed by atoms with van der Waals surface area (Å²) < 4.78 is 41.1. The van der Waals surface area contributed by atoms with Gasteiger partial charge in [-0.15, -0.1) is 0 Å². The quantitative estimate of drug-likeness (QED) is 0.654. The average molecular weight is 364 g/mol. The maximum Gasteiger partial charge on any atom is 0.419 e. The van der Waals surface area contributed by atoms with Gasteiger partial charge < -0.3 is 16.2 Å². The zero-order valence-corrected chi connectivity index (χ0v) is 14.8. The molecule has 0 amide bonds. The van der Waals surface area contributed by atoms with E-state index in [-0.39, 0.29) is 11.3 Å². The second-order valence-electron chi connectivity index (χ2n) is 7.41. The van der Waals surface area contributed by atoms with Crippen molar-refractivity contribution in [1.82, 2.24) is 0 Å². The van der Waals surface area contributed by atoms with Crippen molar-refractivity contribution in [2.24, 2.45) is 5.92 Å². The molecule has 0 heterocycles. The van der Waals surface area contributed by atoms with Gasteiger partial charge >= 0.3 is 6.18 Å². The lowest BCUT2D eigenvalue weighted by Crippen LogP contribution is -2.15. The molecule has 2 aromatic rings. The van der Waals surface area contributed by atoms with E-state index in [9.17, 15) is 18.3 Å². The highest BCUT2D eigenvalue weighted by atomic mass is 19.4. The number of benzene rings is 2. The molecule has 1 fully saturated rings. The van der Waals surface area contributed by atoms with Crippen LogP contribution in [0.3, 0.4) is 0 Å². The number of hydrogen-bond donors (Lipinski definition) is 3. The molecule has 0 aromatic heterocycles. The van der Waals surface area contributed by atoms with E-state index in [4.69, 9.17) is 5.73 Å².